The van der Waals surface area contributed by atoms with E-state index in [2.05, 4.69) is 20.4 Å². The maximum Gasteiger partial charge on any atom is 0.282 e. The smallest absolute Gasteiger partial charge is 0.282 e. The van der Waals surface area contributed by atoms with Crippen LogP contribution in [0.4, 0.5) is 26.3 Å². The highest BCUT2D eigenvalue weighted by molar-refractivity contribution is 5.47. The summed E-state index contributed by atoms with van der Waals surface area (Å²) in [6, 6.07) is 29.6. The van der Waals surface area contributed by atoms with Crippen molar-refractivity contribution in [3.05, 3.63) is 189 Å². The van der Waals surface area contributed by atoms with Gasteiger partial charge >= 0.3 is 0 Å². The minimum atomic E-state index is -2.88. The first-order valence-corrected chi connectivity index (χ1v) is 22.8. The zero-order valence-electron chi connectivity index (χ0n) is 39.9. The van der Waals surface area contributed by atoms with E-state index in [0.717, 1.165) is 22.8 Å². The summed E-state index contributed by atoms with van der Waals surface area (Å²) in [6.45, 7) is 9.08. The van der Waals surface area contributed by atoms with Gasteiger partial charge in [-0.25, -0.2) is 35.7 Å². The van der Waals surface area contributed by atoms with Gasteiger partial charge in [-0.2, -0.15) is 10.2 Å². The third kappa shape index (κ3) is 12.4. The van der Waals surface area contributed by atoms with Crippen molar-refractivity contribution < 1.29 is 50.4 Å². The number of aliphatic hydroxyl groups excluding tert-OH is 1. The van der Waals surface area contributed by atoms with Gasteiger partial charge in [0.25, 0.3) is 12.9 Å². The fourth-order valence-corrected chi connectivity index (χ4v) is 7.83. The molecular weight excluding hydrogens is 931 g/mol. The Bertz CT molecular complexity index is 2980. The molecule has 1 unspecified atom stereocenters. The molecule has 4 heterocycles. The zero-order valence-corrected chi connectivity index (χ0v) is 39.9. The fraction of sp³-hybridized carbons (Fsp3) is 0.308. The molecule has 374 valence electrons. The summed E-state index contributed by atoms with van der Waals surface area (Å²) < 4.78 is 112. The van der Waals surface area contributed by atoms with E-state index in [1.807, 2.05) is 80.7 Å². The number of aromatic nitrogens is 8. The van der Waals surface area contributed by atoms with Gasteiger partial charge in [0.2, 0.25) is 11.8 Å². The lowest BCUT2D eigenvalue weighted by atomic mass is 10.1. The zero-order chi connectivity index (χ0) is 50.8. The van der Waals surface area contributed by atoms with Crippen molar-refractivity contribution in [3.8, 4) is 23.1 Å². The van der Waals surface area contributed by atoms with Gasteiger partial charge in [0.05, 0.1) is 62.3 Å². The maximum atomic E-state index is 14.3. The minimum Gasteiger partial charge on any atom is -0.480 e. The second-order valence-electron chi connectivity index (χ2n) is 16.3. The largest absolute Gasteiger partial charge is 0.480 e. The standard InChI is InChI=1S/C26H27F3N4O3.C26H27F3N4O2/c1-4-32-14-20(26(31-32)35-3)24(34)23-13-21(25(28)29)30-33(23)22-11-10-18(27)12-19(22)16(2)36-15-17-8-6-5-7-9-17;1-4-32-15-19(26(31-32)34-3)12-21-14-23(25(28)29)30-33(21)24-11-10-20(27)13-22(24)17(2)35-16-18-8-6-5-7-9-18/h5-14,16,24-25,34H,4,15H2,1-3H3;5-11,13-15,17,25H,4,12,16H2,1-3H3/t16-,24?;17-/m11/s1. The number of aliphatic hydroxyl groups is 1. The molecule has 0 saturated heterocycles. The van der Waals surface area contributed by atoms with Crippen molar-refractivity contribution in [2.75, 3.05) is 14.2 Å². The van der Waals surface area contributed by atoms with E-state index in [9.17, 15) is 31.4 Å². The highest BCUT2D eigenvalue weighted by atomic mass is 19.3. The number of alkyl halides is 4. The van der Waals surface area contributed by atoms with Crippen molar-refractivity contribution in [2.45, 2.75) is 91.6 Å². The molecule has 8 rings (SSSR count). The van der Waals surface area contributed by atoms with Crippen molar-refractivity contribution in [3.63, 3.8) is 0 Å². The Morgan fingerprint density at radius 3 is 1.55 bits per heavy atom. The van der Waals surface area contributed by atoms with E-state index in [4.69, 9.17) is 18.9 Å². The SMILES string of the molecule is CCn1cc(C(O)c2cc(C(F)F)nn2-c2ccc(F)cc2[C@@H](C)OCc2ccccc2)c(OC)n1.CCn1cc(Cc2cc(C(F)F)nn2-c2ccc(F)cc2[C@@H](C)OCc2ccccc2)c(OC)n1. The second kappa shape index (κ2) is 23.6. The number of benzene rings is 4. The van der Waals surface area contributed by atoms with Gasteiger partial charge in [-0.05, 0) is 87.4 Å². The van der Waals surface area contributed by atoms with Gasteiger partial charge < -0.3 is 24.1 Å². The molecule has 0 fully saturated rings. The van der Waals surface area contributed by atoms with Crippen molar-refractivity contribution >= 4 is 0 Å². The van der Waals surface area contributed by atoms with Crippen LogP contribution in [0, 0.1) is 11.6 Å². The summed E-state index contributed by atoms with van der Waals surface area (Å²) in [6.07, 6.45) is -4.52. The summed E-state index contributed by atoms with van der Waals surface area (Å²) in [5, 5.41) is 28.1. The van der Waals surface area contributed by atoms with Gasteiger partial charge in [0, 0.05) is 54.3 Å². The first-order valence-electron chi connectivity index (χ1n) is 22.8. The Hall–Kier alpha value is -7.22. The molecule has 71 heavy (non-hydrogen) atoms. The maximum absolute atomic E-state index is 14.3. The molecule has 0 aliphatic heterocycles. The molecule has 1 N–H and O–H groups in total. The van der Waals surface area contributed by atoms with E-state index in [1.165, 1.54) is 66.0 Å². The molecule has 8 aromatic rings. The minimum absolute atomic E-state index is 0.0578. The number of nitrogens with zero attached hydrogens (tertiary/aromatic N) is 8. The summed E-state index contributed by atoms with van der Waals surface area (Å²) in [5.41, 5.74) is 4.24. The highest BCUT2D eigenvalue weighted by Crippen LogP contribution is 2.36. The number of ether oxygens (including phenoxy) is 4. The lowest BCUT2D eigenvalue weighted by molar-refractivity contribution is 0.0521. The predicted molar refractivity (Wildman–Crippen MR) is 252 cm³/mol. The van der Waals surface area contributed by atoms with Crippen LogP contribution < -0.4 is 9.47 Å². The molecule has 4 aromatic carbocycles. The molecule has 3 atom stereocenters. The highest BCUT2D eigenvalue weighted by Gasteiger charge is 2.29. The predicted octanol–water partition coefficient (Wildman–Crippen LogP) is 11.6. The molecule has 19 heteroatoms. The average Bonchev–Trinajstić information content (AvgIpc) is 4.21. The topological polar surface area (TPSA) is 128 Å². The third-order valence-electron chi connectivity index (χ3n) is 11.5. The average molecular weight is 985 g/mol. The first-order chi connectivity index (χ1) is 34.2. The Kier molecular flexibility index (Phi) is 17.2. The molecule has 4 aromatic heterocycles. The van der Waals surface area contributed by atoms with E-state index in [-0.39, 0.29) is 30.3 Å². The van der Waals surface area contributed by atoms with Crippen LogP contribution in [-0.2, 0) is 42.2 Å². The molecule has 0 saturated carbocycles. The van der Waals surface area contributed by atoms with Crippen LogP contribution in [0.2, 0.25) is 0 Å². The van der Waals surface area contributed by atoms with Crippen LogP contribution >= 0.6 is 0 Å². The summed E-state index contributed by atoms with van der Waals surface area (Å²) in [5.74, 6) is -0.391. The van der Waals surface area contributed by atoms with E-state index in [1.54, 1.807) is 29.4 Å². The van der Waals surface area contributed by atoms with Gasteiger partial charge in [0.1, 0.15) is 29.1 Å². The Balaban J connectivity index is 0.000000209. The van der Waals surface area contributed by atoms with Crippen LogP contribution in [0.15, 0.2) is 122 Å². The van der Waals surface area contributed by atoms with E-state index >= 15 is 0 Å². The number of halogens is 6. The van der Waals surface area contributed by atoms with Crippen LogP contribution in [0.1, 0.15) is 115 Å². The van der Waals surface area contributed by atoms with Gasteiger partial charge in [-0.3, -0.25) is 9.36 Å². The number of methoxy groups -OCH3 is 2. The van der Waals surface area contributed by atoms with Crippen molar-refractivity contribution in [2.24, 2.45) is 0 Å². The summed E-state index contributed by atoms with van der Waals surface area (Å²) in [7, 11) is 2.92. The van der Waals surface area contributed by atoms with E-state index in [0.29, 0.717) is 59.3 Å². The van der Waals surface area contributed by atoms with Crippen molar-refractivity contribution in [1.29, 1.82) is 0 Å². The van der Waals surface area contributed by atoms with E-state index < -0.39 is 48.5 Å². The lowest BCUT2D eigenvalue weighted by Crippen LogP contribution is -2.13. The quantitative estimate of drug-likeness (QED) is 0.0742. The lowest BCUT2D eigenvalue weighted by Gasteiger charge is -2.20. The van der Waals surface area contributed by atoms with Crippen molar-refractivity contribution in [1.82, 2.24) is 39.1 Å². The molecule has 0 bridgehead atoms. The fourth-order valence-electron chi connectivity index (χ4n) is 7.83. The monoisotopic (exact) mass is 984 g/mol. The van der Waals surface area contributed by atoms with Crippen LogP contribution in [0.5, 0.6) is 11.8 Å². The number of rotatable bonds is 20. The molecular formula is C52H54F6N8O5. The molecule has 0 amide bonds. The molecule has 13 nitrogen and oxygen atoms in total. The molecule has 0 aliphatic carbocycles. The second-order valence-corrected chi connectivity index (χ2v) is 16.3. The van der Waals surface area contributed by atoms with Gasteiger partial charge in [0.15, 0.2) is 0 Å². The molecule has 0 radical (unpaired) electrons. The first kappa shape index (κ1) is 51.6. The normalized spacial score (nSPS) is 12.8. The number of aryl methyl sites for hydroxylation is 2. The number of hydrogen-bond acceptors (Lipinski definition) is 9. The Labute approximate surface area is 406 Å². The molecule has 0 spiro atoms. The molecule has 0 aliphatic rings. The number of hydrogen-bond donors (Lipinski definition) is 1. The van der Waals surface area contributed by atoms with Gasteiger partial charge in [-0.1, -0.05) is 60.7 Å². The van der Waals surface area contributed by atoms with Gasteiger partial charge in [-0.15, -0.1) is 10.2 Å². The van der Waals surface area contributed by atoms with Crippen LogP contribution in [0.25, 0.3) is 11.4 Å². The summed E-state index contributed by atoms with van der Waals surface area (Å²) >= 11 is 0. The summed E-state index contributed by atoms with van der Waals surface area (Å²) in [4.78, 5) is 0. The third-order valence-corrected chi connectivity index (χ3v) is 11.5. The Morgan fingerprint density at radius 2 is 1.04 bits per heavy atom. The Morgan fingerprint density at radius 1 is 0.563 bits per heavy atom. The van der Waals surface area contributed by atoms with Crippen LogP contribution in [0.3, 0.4) is 0 Å². The van der Waals surface area contributed by atoms with Crippen LogP contribution in [-0.4, -0.2) is 58.4 Å².